The van der Waals surface area contributed by atoms with Gasteiger partial charge in [0, 0.05) is 39.9 Å². The van der Waals surface area contributed by atoms with Crippen LogP contribution in [0, 0.1) is 19.3 Å². The number of aliphatic hydroxyl groups is 2. The van der Waals surface area contributed by atoms with Crippen LogP contribution >= 0.6 is 0 Å². The molecule has 0 aliphatic carbocycles. The minimum Gasteiger partial charge on any atom is -0.396 e. The number of piperazine rings is 1. The van der Waals surface area contributed by atoms with Crippen LogP contribution in [-0.2, 0) is 23.7 Å². The molecule has 2 aromatic carbocycles. The zero-order valence-corrected chi connectivity index (χ0v) is 24.1. The topological polar surface area (TPSA) is 84.3 Å². The first kappa shape index (κ1) is 32.6. The first-order chi connectivity index (χ1) is 20.0. The van der Waals surface area contributed by atoms with Gasteiger partial charge in [-0.1, -0.05) is 23.8 Å². The Balaban J connectivity index is 1.72. The van der Waals surface area contributed by atoms with E-state index in [1.807, 2.05) is 32.0 Å². The molecule has 2 aliphatic rings. The maximum atomic E-state index is 13.9. The van der Waals surface area contributed by atoms with Gasteiger partial charge in [0.15, 0.2) is 0 Å². The molecule has 0 aromatic heterocycles. The number of carbonyl (C=O) groups excluding carboxylic acids is 2. The SMILES string of the molecule is Cc1ccc(C2[C@@H]3CC(CCO)(CCO)C(=O)N3CCN2C(=O)N(C)Cc2cc(C(F)(F)F)cc(C(F)(F)F)c2)c(C)c1. The molecule has 4 rings (SSSR count). The molecule has 236 valence electrons. The van der Waals surface area contributed by atoms with E-state index < -0.39 is 53.6 Å². The number of amides is 3. The zero-order chi connectivity index (χ0) is 31.9. The monoisotopic (exact) mass is 615 g/mol. The lowest BCUT2D eigenvalue weighted by molar-refractivity contribution is -0.143. The van der Waals surface area contributed by atoms with Gasteiger partial charge >= 0.3 is 18.4 Å². The van der Waals surface area contributed by atoms with Gasteiger partial charge in [-0.3, -0.25) is 4.79 Å². The Morgan fingerprint density at radius 2 is 1.53 bits per heavy atom. The Kier molecular flexibility index (Phi) is 9.09. The van der Waals surface area contributed by atoms with Gasteiger partial charge in [-0.15, -0.1) is 0 Å². The Labute approximate surface area is 245 Å². The van der Waals surface area contributed by atoms with Crippen molar-refractivity contribution in [1.82, 2.24) is 14.7 Å². The van der Waals surface area contributed by atoms with Gasteiger partial charge in [0.25, 0.3) is 0 Å². The van der Waals surface area contributed by atoms with Crippen molar-refractivity contribution in [2.45, 2.75) is 64.1 Å². The van der Waals surface area contributed by atoms with E-state index in [4.69, 9.17) is 0 Å². The molecule has 43 heavy (non-hydrogen) atoms. The lowest BCUT2D eigenvalue weighted by Gasteiger charge is -2.46. The third-order valence-electron chi connectivity index (χ3n) is 8.56. The van der Waals surface area contributed by atoms with Crippen LogP contribution < -0.4 is 0 Å². The molecule has 0 spiro atoms. The number of benzene rings is 2. The summed E-state index contributed by atoms with van der Waals surface area (Å²) in [5.41, 5.74) is -1.73. The zero-order valence-electron chi connectivity index (χ0n) is 24.1. The summed E-state index contributed by atoms with van der Waals surface area (Å²) < 4.78 is 80.6. The van der Waals surface area contributed by atoms with Gasteiger partial charge in [-0.25, -0.2) is 4.79 Å². The number of halogens is 6. The summed E-state index contributed by atoms with van der Waals surface area (Å²) in [6, 6.07) is 5.06. The largest absolute Gasteiger partial charge is 0.416 e. The number of nitrogens with zero attached hydrogens (tertiary/aromatic N) is 3. The van der Waals surface area contributed by atoms with Gasteiger partial charge in [0.1, 0.15) is 0 Å². The fourth-order valence-corrected chi connectivity index (χ4v) is 6.55. The second-order valence-corrected chi connectivity index (χ2v) is 11.5. The predicted molar refractivity (Wildman–Crippen MR) is 145 cm³/mol. The average molecular weight is 616 g/mol. The predicted octanol–water partition coefficient (Wildman–Crippen LogP) is 5.30. The molecule has 0 bridgehead atoms. The lowest BCUT2D eigenvalue weighted by Crippen LogP contribution is -2.57. The number of aryl methyl sites for hydroxylation is 2. The van der Waals surface area contributed by atoms with Gasteiger partial charge in [-0.2, -0.15) is 26.3 Å². The van der Waals surface area contributed by atoms with E-state index in [9.17, 15) is 46.1 Å². The molecular weight excluding hydrogens is 580 g/mol. The van der Waals surface area contributed by atoms with Crippen LogP contribution in [0.1, 0.15) is 58.7 Å². The third-order valence-corrected chi connectivity index (χ3v) is 8.56. The number of hydrogen-bond donors (Lipinski definition) is 2. The second-order valence-electron chi connectivity index (χ2n) is 11.5. The molecule has 1 unspecified atom stereocenters. The van der Waals surface area contributed by atoms with Crippen LogP contribution in [0.3, 0.4) is 0 Å². The maximum Gasteiger partial charge on any atom is 0.416 e. The summed E-state index contributed by atoms with van der Waals surface area (Å²) in [4.78, 5) is 31.8. The fraction of sp³-hybridized carbons (Fsp3) is 0.533. The van der Waals surface area contributed by atoms with E-state index in [1.54, 1.807) is 4.90 Å². The smallest absolute Gasteiger partial charge is 0.396 e. The van der Waals surface area contributed by atoms with Crippen molar-refractivity contribution in [1.29, 1.82) is 0 Å². The molecular formula is C30H35F6N3O4. The minimum absolute atomic E-state index is 0.0445. The van der Waals surface area contributed by atoms with Crippen LogP contribution in [0.25, 0.3) is 0 Å². The quantitative estimate of drug-likeness (QED) is 0.414. The molecule has 0 saturated carbocycles. The summed E-state index contributed by atoms with van der Waals surface area (Å²) in [5, 5.41) is 19.5. The first-order valence-electron chi connectivity index (χ1n) is 13.9. The number of hydrogen-bond acceptors (Lipinski definition) is 4. The summed E-state index contributed by atoms with van der Waals surface area (Å²) in [5.74, 6) is -0.223. The molecule has 13 heteroatoms. The summed E-state index contributed by atoms with van der Waals surface area (Å²) >= 11 is 0. The van der Waals surface area contributed by atoms with E-state index in [2.05, 4.69) is 0 Å². The van der Waals surface area contributed by atoms with Gasteiger partial charge in [0.2, 0.25) is 5.91 Å². The summed E-state index contributed by atoms with van der Waals surface area (Å²) in [7, 11) is 1.31. The van der Waals surface area contributed by atoms with Crippen LogP contribution in [0.2, 0.25) is 0 Å². The van der Waals surface area contributed by atoms with Crippen molar-refractivity contribution in [3.63, 3.8) is 0 Å². The maximum absolute atomic E-state index is 13.9. The van der Waals surface area contributed by atoms with Crippen molar-refractivity contribution in [3.05, 3.63) is 69.8 Å². The number of carbonyl (C=O) groups is 2. The molecule has 0 radical (unpaired) electrons. The van der Waals surface area contributed by atoms with Crippen molar-refractivity contribution < 1.29 is 46.1 Å². The average Bonchev–Trinajstić information content (AvgIpc) is 3.18. The third kappa shape index (κ3) is 6.47. The highest BCUT2D eigenvalue weighted by Gasteiger charge is 2.56. The summed E-state index contributed by atoms with van der Waals surface area (Å²) in [6.45, 7) is 2.90. The molecule has 2 saturated heterocycles. The molecule has 2 aromatic rings. The highest BCUT2D eigenvalue weighted by molar-refractivity contribution is 5.86. The first-order valence-corrected chi connectivity index (χ1v) is 13.9. The Bertz CT molecular complexity index is 1320. The highest BCUT2D eigenvalue weighted by atomic mass is 19.4. The number of urea groups is 1. The van der Waals surface area contributed by atoms with Crippen LogP contribution in [0.5, 0.6) is 0 Å². The normalized spacial score (nSPS) is 20.4. The molecule has 2 fully saturated rings. The Morgan fingerprint density at radius 1 is 0.953 bits per heavy atom. The van der Waals surface area contributed by atoms with E-state index in [0.29, 0.717) is 12.1 Å². The van der Waals surface area contributed by atoms with Crippen molar-refractivity contribution >= 4 is 11.9 Å². The molecule has 2 N–H and O–H groups in total. The van der Waals surface area contributed by atoms with Crippen LogP contribution in [-0.4, -0.2) is 76.2 Å². The fourth-order valence-electron chi connectivity index (χ4n) is 6.55. The van der Waals surface area contributed by atoms with E-state index in [-0.39, 0.29) is 63.1 Å². The second kappa shape index (κ2) is 12.0. The van der Waals surface area contributed by atoms with Gasteiger partial charge in [-0.05, 0) is 68.0 Å². The number of rotatable bonds is 7. The number of fused-ring (bicyclic) bond motifs is 1. The Morgan fingerprint density at radius 3 is 2.05 bits per heavy atom. The van der Waals surface area contributed by atoms with E-state index in [0.717, 1.165) is 21.6 Å². The standard InChI is InChI=1S/C30H35F6N3O4/c1-18-4-5-23(19(2)12-18)25-24-16-28(6-10-40,7-11-41)26(42)38(24)8-9-39(25)27(43)37(3)17-20-13-21(29(31,32)33)15-22(14-20)30(34,35)36/h4-5,12-15,24-25,40-41H,6-11,16-17H2,1-3H3/t24-,25?/m0/s1. The lowest BCUT2D eigenvalue weighted by atomic mass is 9.77. The van der Waals surface area contributed by atoms with Crippen molar-refractivity contribution in [3.8, 4) is 0 Å². The van der Waals surface area contributed by atoms with Crippen LogP contribution in [0.4, 0.5) is 31.1 Å². The van der Waals surface area contributed by atoms with E-state index in [1.165, 1.54) is 11.9 Å². The number of aliphatic hydroxyl groups excluding tert-OH is 2. The highest BCUT2D eigenvalue weighted by Crippen LogP contribution is 2.49. The van der Waals surface area contributed by atoms with Gasteiger partial charge < -0.3 is 24.9 Å². The summed E-state index contributed by atoms with van der Waals surface area (Å²) in [6.07, 6.45) is -9.53. The molecule has 3 amide bonds. The Hall–Kier alpha value is -3.32. The molecule has 2 heterocycles. The molecule has 2 aliphatic heterocycles. The number of alkyl halides is 6. The van der Waals surface area contributed by atoms with Crippen molar-refractivity contribution in [2.24, 2.45) is 5.41 Å². The van der Waals surface area contributed by atoms with E-state index >= 15 is 0 Å². The minimum atomic E-state index is -5.02. The van der Waals surface area contributed by atoms with Crippen molar-refractivity contribution in [2.75, 3.05) is 33.4 Å². The van der Waals surface area contributed by atoms with Crippen LogP contribution in [0.15, 0.2) is 36.4 Å². The molecule has 2 atom stereocenters. The molecule has 7 nitrogen and oxygen atoms in total. The van der Waals surface area contributed by atoms with Gasteiger partial charge in [0.05, 0.1) is 28.6 Å².